The second kappa shape index (κ2) is 8.42. The molecule has 1 fully saturated rings. The van der Waals surface area contributed by atoms with Gasteiger partial charge in [0.25, 0.3) is 5.91 Å². The molecule has 148 valence electrons. The van der Waals surface area contributed by atoms with Crippen molar-refractivity contribution < 1.29 is 34.2 Å². The van der Waals surface area contributed by atoms with Crippen LogP contribution in [0.1, 0.15) is 33.1 Å². The molecule has 3 unspecified atom stereocenters. The summed E-state index contributed by atoms with van der Waals surface area (Å²) >= 11 is 1.38. The summed E-state index contributed by atoms with van der Waals surface area (Å²) in [5.41, 5.74) is 0.563. The molecule has 0 aliphatic carbocycles. The maximum atomic E-state index is 12.3. The van der Waals surface area contributed by atoms with Crippen LogP contribution in [0, 0.1) is 0 Å². The van der Waals surface area contributed by atoms with E-state index >= 15 is 0 Å². The summed E-state index contributed by atoms with van der Waals surface area (Å²) in [5, 5.41) is 22.7. The van der Waals surface area contributed by atoms with Crippen molar-refractivity contribution in [2.24, 2.45) is 0 Å². The first-order valence-electron chi connectivity index (χ1n) is 8.30. The van der Waals surface area contributed by atoms with Gasteiger partial charge < -0.3 is 20.8 Å². The highest BCUT2D eigenvalue weighted by Crippen LogP contribution is 2.40. The monoisotopic (exact) mass is 399 g/mol. The number of nitrogens with one attached hydrogen (secondary N) is 2. The summed E-state index contributed by atoms with van der Waals surface area (Å²) in [6, 6.07) is -1.87. The van der Waals surface area contributed by atoms with Crippen LogP contribution in [0.2, 0.25) is 0 Å². The standard InChI is InChI=1S/C16H21N3O7S/c1-7-6-27-14-11(13(22)19(14)12(7)16(25)26)18-10(21)5-3-4-9(15(23)24)17-8(2)20/h9,11,14H,3-6H2,1-2H3,(H,17,20)(H,18,21)(H,23,24)(H,25,26). The Morgan fingerprint density at radius 2 is 1.96 bits per heavy atom. The highest BCUT2D eigenvalue weighted by Gasteiger charge is 2.53. The van der Waals surface area contributed by atoms with Crippen molar-refractivity contribution in [1.82, 2.24) is 15.5 Å². The van der Waals surface area contributed by atoms with E-state index in [-0.39, 0.29) is 25.0 Å². The molecule has 2 aliphatic rings. The van der Waals surface area contributed by atoms with Crippen molar-refractivity contribution in [3.63, 3.8) is 0 Å². The second-order valence-electron chi connectivity index (χ2n) is 6.37. The smallest absolute Gasteiger partial charge is 0.352 e. The van der Waals surface area contributed by atoms with Crippen molar-refractivity contribution in [3.05, 3.63) is 11.3 Å². The normalized spacial score (nSPS) is 22.4. The van der Waals surface area contributed by atoms with Gasteiger partial charge in [-0.3, -0.25) is 19.3 Å². The van der Waals surface area contributed by atoms with Gasteiger partial charge in [-0.25, -0.2) is 9.59 Å². The number of amides is 3. The van der Waals surface area contributed by atoms with Gasteiger partial charge in [0.1, 0.15) is 23.2 Å². The fourth-order valence-electron chi connectivity index (χ4n) is 2.99. The van der Waals surface area contributed by atoms with Gasteiger partial charge in [0.2, 0.25) is 11.8 Å². The summed E-state index contributed by atoms with van der Waals surface area (Å²) in [5.74, 6) is -3.27. The fourth-order valence-corrected chi connectivity index (χ4v) is 4.28. The number of carbonyl (C=O) groups is 5. The van der Waals surface area contributed by atoms with Gasteiger partial charge in [0.05, 0.1) is 0 Å². The fraction of sp³-hybridized carbons (Fsp3) is 0.562. The molecule has 2 aliphatic heterocycles. The zero-order chi connectivity index (χ0) is 20.3. The summed E-state index contributed by atoms with van der Waals surface area (Å²) in [4.78, 5) is 58.9. The van der Waals surface area contributed by atoms with E-state index in [9.17, 15) is 29.1 Å². The van der Waals surface area contributed by atoms with E-state index in [2.05, 4.69) is 10.6 Å². The molecule has 11 heteroatoms. The second-order valence-corrected chi connectivity index (χ2v) is 7.48. The number of thioether (sulfide) groups is 1. The Kier molecular flexibility index (Phi) is 6.47. The van der Waals surface area contributed by atoms with Crippen LogP contribution in [0.25, 0.3) is 0 Å². The number of fused-ring (bicyclic) bond motifs is 1. The topological polar surface area (TPSA) is 153 Å². The van der Waals surface area contributed by atoms with Crippen LogP contribution in [0.5, 0.6) is 0 Å². The number of carboxylic acid groups (broad SMARTS) is 2. The van der Waals surface area contributed by atoms with Crippen LogP contribution in [0.4, 0.5) is 0 Å². The van der Waals surface area contributed by atoms with Gasteiger partial charge in [0.15, 0.2) is 0 Å². The molecule has 27 heavy (non-hydrogen) atoms. The molecule has 4 N–H and O–H groups in total. The Balaban J connectivity index is 1.86. The first-order valence-corrected chi connectivity index (χ1v) is 9.35. The number of carboxylic acids is 2. The van der Waals surface area contributed by atoms with Crippen molar-refractivity contribution in [1.29, 1.82) is 0 Å². The Morgan fingerprint density at radius 1 is 1.30 bits per heavy atom. The first-order chi connectivity index (χ1) is 12.6. The number of hydrogen-bond donors (Lipinski definition) is 4. The lowest BCUT2D eigenvalue weighted by Crippen LogP contribution is -2.70. The van der Waals surface area contributed by atoms with Crippen LogP contribution in [-0.4, -0.2) is 68.0 Å². The van der Waals surface area contributed by atoms with Crippen molar-refractivity contribution in [2.75, 3.05) is 5.75 Å². The van der Waals surface area contributed by atoms with Gasteiger partial charge in [-0.05, 0) is 25.3 Å². The highest BCUT2D eigenvalue weighted by atomic mass is 32.2. The Bertz CT molecular complexity index is 721. The molecule has 0 aromatic rings. The first kappa shape index (κ1) is 20.7. The predicted molar refractivity (Wildman–Crippen MR) is 94.5 cm³/mol. The lowest BCUT2D eigenvalue weighted by atomic mass is 10.0. The van der Waals surface area contributed by atoms with Crippen LogP contribution >= 0.6 is 11.8 Å². The van der Waals surface area contributed by atoms with E-state index in [1.54, 1.807) is 6.92 Å². The van der Waals surface area contributed by atoms with E-state index in [0.29, 0.717) is 11.3 Å². The molecule has 10 nitrogen and oxygen atoms in total. The van der Waals surface area contributed by atoms with Crippen molar-refractivity contribution >= 4 is 41.4 Å². The SMILES string of the molecule is CC(=O)NC(CCCC(=O)NC1C(=O)N2C(C(=O)O)=C(C)CSC12)C(=O)O. The lowest BCUT2D eigenvalue weighted by molar-refractivity contribution is -0.150. The van der Waals surface area contributed by atoms with Crippen molar-refractivity contribution in [2.45, 2.75) is 50.6 Å². The van der Waals surface area contributed by atoms with Crippen LogP contribution < -0.4 is 10.6 Å². The van der Waals surface area contributed by atoms with Gasteiger partial charge >= 0.3 is 11.9 Å². The number of aliphatic carboxylic acids is 2. The number of hydrogen-bond acceptors (Lipinski definition) is 6. The summed E-state index contributed by atoms with van der Waals surface area (Å²) in [6.07, 6.45) is 0.284. The van der Waals surface area contributed by atoms with Crippen LogP contribution in [-0.2, 0) is 24.0 Å². The number of carbonyl (C=O) groups excluding carboxylic acids is 3. The lowest BCUT2D eigenvalue weighted by Gasteiger charge is -2.49. The number of β-lactam (4-membered cyclic amide) rings is 1. The minimum atomic E-state index is -1.18. The summed E-state index contributed by atoms with van der Waals surface area (Å²) in [7, 11) is 0. The average molecular weight is 399 g/mol. The molecule has 0 bridgehead atoms. The van der Waals surface area contributed by atoms with Crippen LogP contribution in [0.15, 0.2) is 11.3 Å². The molecule has 0 aromatic carbocycles. The summed E-state index contributed by atoms with van der Waals surface area (Å²) in [6.45, 7) is 2.86. The molecule has 0 radical (unpaired) electrons. The molecule has 0 spiro atoms. The quantitative estimate of drug-likeness (QED) is 0.399. The summed E-state index contributed by atoms with van der Waals surface area (Å²) < 4.78 is 0. The van der Waals surface area contributed by atoms with Gasteiger partial charge in [-0.1, -0.05) is 0 Å². The van der Waals surface area contributed by atoms with Gasteiger partial charge in [-0.15, -0.1) is 11.8 Å². The molecule has 2 heterocycles. The van der Waals surface area contributed by atoms with E-state index in [4.69, 9.17) is 5.11 Å². The van der Waals surface area contributed by atoms with E-state index < -0.39 is 47.1 Å². The third-order valence-electron chi connectivity index (χ3n) is 4.25. The molecular weight excluding hydrogens is 378 g/mol. The minimum absolute atomic E-state index is 0.00874. The molecule has 3 atom stereocenters. The zero-order valence-corrected chi connectivity index (χ0v) is 15.7. The number of nitrogens with zero attached hydrogens (tertiary/aromatic N) is 1. The largest absolute Gasteiger partial charge is 0.480 e. The van der Waals surface area contributed by atoms with E-state index in [1.165, 1.54) is 23.6 Å². The minimum Gasteiger partial charge on any atom is -0.480 e. The van der Waals surface area contributed by atoms with E-state index in [1.807, 2.05) is 0 Å². The number of rotatable bonds is 8. The highest BCUT2D eigenvalue weighted by molar-refractivity contribution is 8.00. The molecule has 1 saturated heterocycles. The third-order valence-corrected chi connectivity index (χ3v) is 5.67. The molecular formula is C16H21N3O7S. The molecule has 2 rings (SSSR count). The molecule has 0 aromatic heterocycles. The van der Waals surface area contributed by atoms with Gasteiger partial charge in [-0.2, -0.15) is 0 Å². The predicted octanol–water partition coefficient (Wildman–Crippen LogP) is -0.495. The van der Waals surface area contributed by atoms with Crippen LogP contribution in [0.3, 0.4) is 0 Å². The Morgan fingerprint density at radius 3 is 2.52 bits per heavy atom. The third kappa shape index (κ3) is 4.59. The van der Waals surface area contributed by atoms with Crippen molar-refractivity contribution in [3.8, 4) is 0 Å². The Hall–Kier alpha value is -2.56. The molecule has 0 saturated carbocycles. The molecule has 3 amide bonds. The maximum Gasteiger partial charge on any atom is 0.352 e. The average Bonchev–Trinajstić information content (AvgIpc) is 2.57. The van der Waals surface area contributed by atoms with Gasteiger partial charge in [0, 0.05) is 19.1 Å². The maximum absolute atomic E-state index is 12.3. The Labute approximate surface area is 159 Å². The zero-order valence-electron chi connectivity index (χ0n) is 14.9. The van der Waals surface area contributed by atoms with E-state index in [0.717, 1.165) is 0 Å².